The van der Waals surface area contributed by atoms with E-state index in [1.807, 2.05) is 37.3 Å². The molecule has 2 N–H and O–H groups in total. The molecule has 0 bridgehead atoms. The lowest BCUT2D eigenvalue weighted by molar-refractivity contribution is -0.113. The molecule has 4 rings (SSSR count). The normalized spacial score (nSPS) is 11.3. The van der Waals surface area contributed by atoms with Gasteiger partial charge in [0, 0.05) is 16.8 Å². The minimum atomic E-state index is -4.06. The number of hydrogen-bond donors (Lipinski definition) is 2. The van der Waals surface area contributed by atoms with Crippen molar-refractivity contribution in [3.05, 3.63) is 83.4 Å². The van der Waals surface area contributed by atoms with Crippen molar-refractivity contribution in [1.29, 1.82) is 0 Å². The van der Waals surface area contributed by atoms with Crippen molar-refractivity contribution in [2.45, 2.75) is 11.9 Å². The molecule has 0 saturated heterocycles. The summed E-state index contributed by atoms with van der Waals surface area (Å²) in [6.45, 7) is 1.96. The Hall–Kier alpha value is -3.62. The molecule has 174 valence electrons. The first-order chi connectivity index (χ1) is 16.3. The van der Waals surface area contributed by atoms with E-state index in [4.69, 9.17) is 16.3 Å². The van der Waals surface area contributed by atoms with E-state index in [-0.39, 0.29) is 10.7 Å². The van der Waals surface area contributed by atoms with Gasteiger partial charge < -0.3 is 15.0 Å². The Morgan fingerprint density at radius 2 is 1.74 bits per heavy atom. The highest BCUT2D eigenvalue weighted by Gasteiger charge is 2.27. The third kappa shape index (κ3) is 5.13. The van der Waals surface area contributed by atoms with Crippen LogP contribution in [0.5, 0.6) is 5.75 Å². The molecule has 0 aliphatic carbocycles. The SMILES string of the molecule is COc1ccc(NC(=O)CS(=O)(=O)c2[nH]c(-c3ccc(C)cc3)nc2-c2ccccc2)cc1Cl. The number of aryl methyl sites for hydroxylation is 1. The summed E-state index contributed by atoms with van der Waals surface area (Å²) >= 11 is 6.09. The van der Waals surface area contributed by atoms with Crippen LogP contribution in [0.4, 0.5) is 5.69 Å². The van der Waals surface area contributed by atoms with Crippen molar-refractivity contribution in [3.8, 4) is 28.4 Å². The van der Waals surface area contributed by atoms with Crippen LogP contribution in [0.3, 0.4) is 0 Å². The van der Waals surface area contributed by atoms with Crippen LogP contribution in [0.1, 0.15) is 5.56 Å². The van der Waals surface area contributed by atoms with Crippen molar-refractivity contribution < 1.29 is 17.9 Å². The molecule has 0 atom stereocenters. The van der Waals surface area contributed by atoms with Gasteiger partial charge in [0.25, 0.3) is 0 Å². The number of ether oxygens (including phenoxy) is 1. The van der Waals surface area contributed by atoms with Crippen molar-refractivity contribution in [2.75, 3.05) is 18.2 Å². The minimum Gasteiger partial charge on any atom is -0.495 e. The summed E-state index contributed by atoms with van der Waals surface area (Å²) in [7, 11) is -2.59. The van der Waals surface area contributed by atoms with Gasteiger partial charge in [-0.3, -0.25) is 4.79 Å². The number of hydrogen-bond acceptors (Lipinski definition) is 5. The molecule has 1 amide bonds. The molecule has 0 fully saturated rings. The second-order valence-electron chi connectivity index (χ2n) is 7.65. The van der Waals surface area contributed by atoms with Crippen LogP contribution in [0, 0.1) is 6.92 Å². The molecule has 0 unspecified atom stereocenters. The third-order valence-corrected chi connectivity index (χ3v) is 6.97. The minimum absolute atomic E-state index is 0.114. The molecule has 34 heavy (non-hydrogen) atoms. The number of carbonyl (C=O) groups is 1. The fraction of sp³-hybridized carbons (Fsp3) is 0.120. The number of H-pyrrole nitrogens is 1. The third-order valence-electron chi connectivity index (χ3n) is 5.11. The van der Waals surface area contributed by atoms with Crippen LogP contribution in [-0.4, -0.2) is 37.2 Å². The largest absolute Gasteiger partial charge is 0.495 e. The van der Waals surface area contributed by atoms with Crippen LogP contribution < -0.4 is 10.1 Å². The van der Waals surface area contributed by atoms with Crippen molar-refractivity contribution in [1.82, 2.24) is 9.97 Å². The van der Waals surface area contributed by atoms with Gasteiger partial charge in [0.1, 0.15) is 23.0 Å². The Morgan fingerprint density at radius 3 is 2.38 bits per heavy atom. The van der Waals surface area contributed by atoms with Crippen LogP contribution >= 0.6 is 11.6 Å². The number of sulfone groups is 1. The standard InChI is InChI=1S/C25H22ClN3O4S/c1-16-8-10-18(11-9-16)24-28-23(17-6-4-3-5-7-17)25(29-24)34(31,32)15-22(30)27-19-12-13-21(33-2)20(26)14-19/h3-14H,15H2,1-2H3,(H,27,30)(H,28,29). The zero-order chi connectivity index (χ0) is 24.3. The van der Waals surface area contributed by atoms with E-state index in [1.165, 1.54) is 13.2 Å². The molecule has 9 heteroatoms. The Kier molecular flexibility index (Phi) is 6.72. The summed E-state index contributed by atoms with van der Waals surface area (Å²) in [5.74, 6) is -0.626. The van der Waals surface area contributed by atoms with Crippen molar-refractivity contribution >= 4 is 33.0 Å². The second kappa shape index (κ2) is 9.70. The summed E-state index contributed by atoms with van der Waals surface area (Å²) in [5, 5.41) is 2.75. The molecular formula is C25H22ClN3O4S. The number of amides is 1. The van der Waals surface area contributed by atoms with Gasteiger partial charge in [-0.25, -0.2) is 13.4 Å². The van der Waals surface area contributed by atoms with Crippen LogP contribution in [-0.2, 0) is 14.6 Å². The van der Waals surface area contributed by atoms with Crippen LogP contribution in [0.15, 0.2) is 77.8 Å². The Morgan fingerprint density at radius 1 is 1.03 bits per heavy atom. The van der Waals surface area contributed by atoms with E-state index in [9.17, 15) is 13.2 Å². The topological polar surface area (TPSA) is 101 Å². The lowest BCUT2D eigenvalue weighted by atomic mass is 10.1. The van der Waals surface area contributed by atoms with Crippen LogP contribution in [0.2, 0.25) is 5.02 Å². The highest BCUT2D eigenvalue weighted by molar-refractivity contribution is 7.92. The summed E-state index contributed by atoms with van der Waals surface area (Å²) in [5.41, 5.74) is 3.05. The van der Waals surface area contributed by atoms with E-state index in [0.717, 1.165) is 11.1 Å². The van der Waals surface area contributed by atoms with Crippen molar-refractivity contribution in [2.24, 2.45) is 0 Å². The molecule has 7 nitrogen and oxygen atoms in total. The predicted octanol–water partition coefficient (Wildman–Crippen LogP) is 5.13. The fourth-order valence-electron chi connectivity index (χ4n) is 3.41. The van der Waals surface area contributed by atoms with Crippen LogP contribution in [0.25, 0.3) is 22.6 Å². The Bertz CT molecular complexity index is 1430. The molecule has 0 radical (unpaired) electrons. The summed E-state index contributed by atoms with van der Waals surface area (Å²) in [6.07, 6.45) is 0. The van der Waals surface area contributed by atoms with E-state index >= 15 is 0 Å². The summed E-state index contributed by atoms with van der Waals surface area (Å²) < 4.78 is 31.7. The number of anilines is 1. The number of aromatic amines is 1. The molecule has 0 aliphatic rings. The number of nitrogens with zero attached hydrogens (tertiary/aromatic N) is 1. The fourth-order valence-corrected chi connectivity index (χ4v) is 4.94. The number of nitrogens with one attached hydrogen (secondary N) is 2. The number of halogens is 1. The first-order valence-electron chi connectivity index (χ1n) is 10.4. The Labute approximate surface area is 202 Å². The maximum Gasteiger partial charge on any atom is 0.240 e. The number of aromatic nitrogens is 2. The van der Waals surface area contributed by atoms with Gasteiger partial charge in [-0.15, -0.1) is 0 Å². The number of benzene rings is 3. The predicted molar refractivity (Wildman–Crippen MR) is 133 cm³/mol. The molecule has 0 spiro atoms. The highest BCUT2D eigenvalue weighted by atomic mass is 35.5. The zero-order valence-corrected chi connectivity index (χ0v) is 20.1. The lowest BCUT2D eigenvalue weighted by Gasteiger charge is -2.09. The monoisotopic (exact) mass is 495 g/mol. The van der Waals surface area contributed by atoms with Gasteiger partial charge in [0.05, 0.1) is 12.1 Å². The molecule has 3 aromatic carbocycles. The number of rotatable bonds is 7. The maximum atomic E-state index is 13.3. The quantitative estimate of drug-likeness (QED) is 0.370. The van der Waals surface area contributed by atoms with Gasteiger partial charge in [-0.2, -0.15) is 0 Å². The maximum absolute atomic E-state index is 13.3. The van der Waals surface area contributed by atoms with E-state index < -0.39 is 21.5 Å². The van der Waals surface area contributed by atoms with Crippen molar-refractivity contribution in [3.63, 3.8) is 0 Å². The van der Waals surface area contributed by atoms with E-state index in [1.54, 1.807) is 36.4 Å². The summed E-state index contributed by atoms with van der Waals surface area (Å²) in [6, 6.07) is 21.2. The molecule has 0 saturated carbocycles. The summed E-state index contributed by atoms with van der Waals surface area (Å²) in [4.78, 5) is 20.1. The molecule has 4 aromatic rings. The van der Waals surface area contributed by atoms with E-state index in [2.05, 4.69) is 15.3 Å². The first-order valence-corrected chi connectivity index (χ1v) is 12.4. The average Bonchev–Trinajstić information content (AvgIpc) is 3.26. The number of methoxy groups -OCH3 is 1. The van der Waals surface area contributed by atoms with Gasteiger partial charge in [0.15, 0.2) is 5.03 Å². The van der Waals surface area contributed by atoms with E-state index in [0.29, 0.717) is 27.8 Å². The smallest absolute Gasteiger partial charge is 0.240 e. The number of imidazole rings is 1. The highest BCUT2D eigenvalue weighted by Crippen LogP contribution is 2.30. The molecular weight excluding hydrogens is 474 g/mol. The molecule has 0 aliphatic heterocycles. The average molecular weight is 496 g/mol. The van der Waals surface area contributed by atoms with Gasteiger partial charge in [0.2, 0.25) is 15.7 Å². The lowest BCUT2D eigenvalue weighted by Crippen LogP contribution is -2.23. The zero-order valence-electron chi connectivity index (χ0n) is 18.5. The first kappa shape index (κ1) is 23.5. The number of carbonyl (C=O) groups excluding carboxylic acids is 1. The van der Waals surface area contributed by atoms with Gasteiger partial charge >= 0.3 is 0 Å². The van der Waals surface area contributed by atoms with Gasteiger partial charge in [-0.1, -0.05) is 71.8 Å². The molecule has 1 heterocycles. The molecule has 1 aromatic heterocycles. The Balaban J connectivity index is 1.66. The second-order valence-corrected chi connectivity index (χ2v) is 9.99. The van der Waals surface area contributed by atoms with Gasteiger partial charge in [-0.05, 0) is 25.1 Å².